The first-order valence-corrected chi connectivity index (χ1v) is 7.37. The van der Waals surface area contributed by atoms with E-state index in [4.69, 9.17) is 0 Å². The molecule has 1 heteroatoms. The van der Waals surface area contributed by atoms with Crippen molar-refractivity contribution in [3.05, 3.63) is 0 Å². The van der Waals surface area contributed by atoms with Crippen LogP contribution in [0.3, 0.4) is 0 Å². The van der Waals surface area contributed by atoms with E-state index >= 15 is 0 Å². The van der Waals surface area contributed by atoms with Gasteiger partial charge in [-0.25, -0.2) is 0 Å². The first-order valence-electron chi connectivity index (χ1n) is 7.37. The van der Waals surface area contributed by atoms with Gasteiger partial charge in [-0.15, -0.1) is 0 Å². The predicted octanol–water partition coefficient (Wildman–Crippen LogP) is 3.69. The van der Waals surface area contributed by atoms with Gasteiger partial charge in [0.15, 0.2) is 0 Å². The van der Waals surface area contributed by atoms with Crippen molar-refractivity contribution in [2.24, 2.45) is 17.8 Å². The summed E-state index contributed by atoms with van der Waals surface area (Å²) < 4.78 is 0. The molecule has 0 radical (unpaired) electrons. The number of rotatable bonds is 0. The van der Waals surface area contributed by atoms with Crippen LogP contribution in [0.25, 0.3) is 0 Å². The van der Waals surface area contributed by atoms with Gasteiger partial charge in [-0.05, 0) is 63.8 Å². The maximum Gasteiger partial charge on any atom is 0.0263 e. The first kappa shape index (κ1) is 11.1. The van der Waals surface area contributed by atoms with E-state index in [9.17, 15) is 0 Å². The van der Waals surface area contributed by atoms with Gasteiger partial charge >= 0.3 is 0 Å². The number of likely N-dealkylation sites (tertiary alicyclic amines) is 1. The van der Waals surface area contributed by atoms with Crippen LogP contribution >= 0.6 is 0 Å². The summed E-state index contributed by atoms with van der Waals surface area (Å²) in [5.41, 5.74) is 0.594. The van der Waals surface area contributed by atoms with Gasteiger partial charge in [0.2, 0.25) is 0 Å². The zero-order valence-corrected chi connectivity index (χ0v) is 11.2. The predicted molar refractivity (Wildman–Crippen MR) is 68.4 cm³/mol. The van der Waals surface area contributed by atoms with Crippen LogP contribution in [0.2, 0.25) is 0 Å². The van der Waals surface area contributed by atoms with E-state index in [1.165, 1.54) is 38.5 Å². The summed E-state index contributed by atoms with van der Waals surface area (Å²) in [6.07, 6.45) is 10.5. The van der Waals surface area contributed by atoms with Gasteiger partial charge < -0.3 is 0 Å². The fraction of sp³-hybridized carbons (Fsp3) is 1.00. The Bertz CT molecular complexity index is 273. The molecule has 92 valence electrons. The van der Waals surface area contributed by atoms with E-state index in [1.807, 2.05) is 0 Å². The molecule has 0 aromatic heterocycles. The lowest BCUT2D eigenvalue weighted by Gasteiger charge is -2.55. The van der Waals surface area contributed by atoms with Gasteiger partial charge in [0.1, 0.15) is 0 Å². The number of nitrogens with zero attached hydrogens (tertiary/aromatic N) is 1. The van der Waals surface area contributed by atoms with Crippen molar-refractivity contribution in [1.82, 2.24) is 4.90 Å². The quantitative estimate of drug-likeness (QED) is 0.603. The van der Waals surface area contributed by atoms with Crippen LogP contribution in [0.4, 0.5) is 0 Å². The molecule has 3 rings (SSSR count). The van der Waals surface area contributed by atoms with Crippen LogP contribution in [0.15, 0.2) is 0 Å². The maximum atomic E-state index is 2.77. The summed E-state index contributed by atoms with van der Waals surface area (Å²) in [6.45, 7) is 4.97. The van der Waals surface area contributed by atoms with Crippen molar-refractivity contribution in [2.75, 3.05) is 7.05 Å². The molecule has 5 unspecified atom stereocenters. The third-order valence-corrected chi connectivity index (χ3v) is 6.31. The second kappa shape index (κ2) is 3.73. The van der Waals surface area contributed by atoms with E-state index in [2.05, 4.69) is 25.8 Å². The van der Waals surface area contributed by atoms with E-state index in [0.717, 1.165) is 23.8 Å². The van der Waals surface area contributed by atoms with Crippen molar-refractivity contribution in [1.29, 1.82) is 0 Å². The van der Waals surface area contributed by atoms with Crippen LogP contribution < -0.4 is 0 Å². The summed E-state index contributed by atoms with van der Waals surface area (Å²) in [7, 11) is 2.41. The van der Waals surface area contributed by atoms with Crippen LogP contribution in [0, 0.1) is 17.8 Å². The van der Waals surface area contributed by atoms with Crippen molar-refractivity contribution in [2.45, 2.75) is 70.4 Å². The molecule has 1 nitrogen and oxygen atoms in total. The molecular weight excluding hydrogens is 194 g/mol. The van der Waals surface area contributed by atoms with Gasteiger partial charge in [-0.3, -0.25) is 4.90 Å². The molecule has 3 fully saturated rings. The van der Waals surface area contributed by atoms with Crippen LogP contribution in [-0.2, 0) is 0 Å². The van der Waals surface area contributed by atoms with Gasteiger partial charge in [-0.1, -0.05) is 19.8 Å². The van der Waals surface area contributed by atoms with E-state index < -0.39 is 0 Å². The Labute approximate surface area is 101 Å². The van der Waals surface area contributed by atoms with Crippen molar-refractivity contribution < 1.29 is 0 Å². The monoisotopic (exact) mass is 221 g/mol. The van der Waals surface area contributed by atoms with E-state index in [1.54, 1.807) is 6.42 Å². The van der Waals surface area contributed by atoms with E-state index in [-0.39, 0.29) is 0 Å². The Kier molecular flexibility index (Phi) is 2.58. The van der Waals surface area contributed by atoms with Gasteiger partial charge in [0.25, 0.3) is 0 Å². The minimum absolute atomic E-state index is 0.594. The van der Waals surface area contributed by atoms with Crippen molar-refractivity contribution >= 4 is 0 Å². The first-order chi connectivity index (χ1) is 7.64. The summed E-state index contributed by atoms with van der Waals surface area (Å²) in [6, 6.07) is 0.820. The molecule has 1 saturated heterocycles. The summed E-state index contributed by atoms with van der Waals surface area (Å²) in [4.78, 5) is 2.77. The molecule has 0 aromatic rings. The molecule has 0 N–H and O–H groups in total. The minimum atomic E-state index is 0.594. The Hall–Kier alpha value is -0.0400. The molecule has 2 saturated carbocycles. The fourth-order valence-corrected chi connectivity index (χ4v) is 5.37. The molecule has 2 bridgehead atoms. The smallest absolute Gasteiger partial charge is 0.0263 e. The Balaban J connectivity index is 1.92. The standard InChI is InChI=1S/C15H27N/c1-11-9-13-5-4-6-14(10-13)15(11)8-7-12(2)16(15)3/h11-14H,4-10H2,1-3H3. The van der Waals surface area contributed by atoms with Crippen LogP contribution in [-0.4, -0.2) is 23.5 Å². The highest BCUT2D eigenvalue weighted by atomic mass is 15.2. The molecular formula is C15H27N. The third-order valence-electron chi connectivity index (χ3n) is 6.31. The lowest BCUT2D eigenvalue weighted by atomic mass is 9.57. The topological polar surface area (TPSA) is 3.24 Å². The minimum Gasteiger partial charge on any atom is -0.297 e. The molecule has 3 aliphatic rings. The van der Waals surface area contributed by atoms with Crippen LogP contribution in [0.5, 0.6) is 0 Å². The zero-order chi connectivity index (χ0) is 11.3. The fourth-order valence-electron chi connectivity index (χ4n) is 5.37. The third kappa shape index (κ3) is 1.33. The Morgan fingerprint density at radius 2 is 1.88 bits per heavy atom. The SMILES string of the molecule is CC1CCC2(C(C)CC3CCCC2C3)N1C. The summed E-state index contributed by atoms with van der Waals surface area (Å²) in [5.74, 6) is 3.03. The molecule has 16 heavy (non-hydrogen) atoms. The highest BCUT2D eigenvalue weighted by Crippen LogP contribution is 2.55. The molecule has 1 spiro atoms. The average Bonchev–Trinajstić information content (AvgIpc) is 2.56. The molecule has 2 aliphatic carbocycles. The normalized spacial score (nSPS) is 53.4. The highest BCUT2D eigenvalue weighted by Gasteiger charge is 2.54. The van der Waals surface area contributed by atoms with Crippen molar-refractivity contribution in [3.8, 4) is 0 Å². The molecule has 5 atom stereocenters. The second-order valence-corrected chi connectivity index (χ2v) is 6.86. The number of fused-ring (bicyclic) bond motifs is 3. The summed E-state index contributed by atoms with van der Waals surface area (Å²) in [5, 5.41) is 0. The molecule has 0 aromatic carbocycles. The average molecular weight is 221 g/mol. The zero-order valence-electron chi connectivity index (χ0n) is 11.2. The lowest BCUT2D eigenvalue weighted by molar-refractivity contribution is -0.0481. The van der Waals surface area contributed by atoms with Gasteiger partial charge in [0, 0.05) is 11.6 Å². The van der Waals surface area contributed by atoms with Gasteiger partial charge in [-0.2, -0.15) is 0 Å². The lowest BCUT2D eigenvalue weighted by Crippen LogP contribution is -2.58. The summed E-state index contributed by atoms with van der Waals surface area (Å²) >= 11 is 0. The van der Waals surface area contributed by atoms with E-state index in [0.29, 0.717) is 5.54 Å². The number of hydrogen-bond acceptors (Lipinski definition) is 1. The maximum absolute atomic E-state index is 2.77. The second-order valence-electron chi connectivity index (χ2n) is 6.86. The molecule has 1 heterocycles. The number of hydrogen-bond donors (Lipinski definition) is 0. The highest BCUT2D eigenvalue weighted by molar-refractivity contribution is 5.09. The molecule has 1 aliphatic heterocycles. The largest absolute Gasteiger partial charge is 0.297 e. The molecule has 0 amide bonds. The Morgan fingerprint density at radius 1 is 1.06 bits per heavy atom. The van der Waals surface area contributed by atoms with Gasteiger partial charge in [0.05, 0.1) is 0 Å². The van der Waals surface area contributed by atoms with Crippen molar-refractivity contribution in [3.63, 3.8) is 0 Å². The Morgan fingerprint density at radius 3 is 2.56 bits per heavy atom. The van der Waals surface area contributed by atoms with Crippen LogP contribution in [0.1, 0.15) is 58.8 Å².